The fraction of sp³-hybridized carbons (Fsp3) is 0.375. The highest BCUT2D eigenvalue weighted by molar-refractivity contribution is 6.30. The average molecular weight is 477 g/mol. The summed E-state index contributed by atoms with van der Waals surface area (Å²) < 4.78 is 1.85. The summed E-state index contributed by atoms with van der Waals surface area (Å²) in [5.74, 6) is 1.35. The quantitative estimate of drug-likeness (QED) is 0.572. The molecule has 9 nitrogen and oxygen atoms in total. The molecule has 2 aliphatic rings. The van der Waals surface area contributed by atoms with Gasteiger partial charge in [-0.05, 0) is 43.0 Å². The minimum atomic E-state index is -0.371. The van der Waals surface area contributed by atoms with Crippen molar-refractivity contribution in [3.8, 4) is 11.8 Å². The Morgan fingerprint density at radius 3 is 2.76 bits per heavy atom. The number of amides is 2. The van der Waals surface area contributed by atoms with E-state index in [1.54, 1.807) is 46.6 Å². The maximum atomic E-state index is 12.8. The third kappa shape index (κ3) is 3.94. The molecule has 1 saturated heterocycles. The van der Waals surface area contributed by atoms with Crippen LogP contribution in [0.2, 0.25) is 5.02 Å². The molecule has 1 aliphatic carbocycles. The third-order valence-electron chi connectivity index (χ3n) is 6.47. The minimum Gasteiger partial charge on any atom is -0.343 e. The van der Waals surface area contributed by atoms with Gasteiger partial charge in [-0.3, -0.25) is 4.90 Å². The topological polar surface area (TPSA) is 103 Å². The molecule has 1 aromatic carbocycles. The number of nitrogens with one attached hydrogen (secondary N) is 1. The molecule has 2 aromatic heterocycles. The van der Waals surface area contributed by atoms with E-state index in [0.717, 1.165) is 24.2 Å². The zero-order valence-corrected chi connectivity index (χ0v) is 20.0. The molecule has 3 aromatic rings. The van der Waals surface area contributed by atoms with E-state index in [4.69, 9.17) is 16.6 Å². The molecule has 0 radical (unpaired) electrons. The summed E-state index contributed by atoms with van der Waals surface area (Å²) in [6, 6.07) is 9.10. The number of likely N-dealkylation sites (N-methyl/N-ethyl adjacent to an activating group) is 1. The highest BCUT2D eigenvalue weighted by atomic mass is 35.5. The van der Waals surface area contributed by atoms with Gasteiger partial charge in [0, 0.05) is 36.7 Å². The van der Waals surface area contributed by atoms with Crippen LogP contribution in [0.5, 0.6) is 0 Å². The van der Waals surface area contributed by atoms with Gasteiger partial charge in [-0.25, -0.2) is 14.8 Å². The standard InChI is InChI=1S/C24H25ClN8O/c1-15(2)19-12-31(3)23(34)33(19)21-4-7-27-22(29-21)30-24(5-6-24)20-13-32(14-28-20)18-9-16(11-26)8-17(25)10-18/h4,7-10,13-15,19H,5-6,12H2,1-3H3,(H,27,29,30)/t19-/m1/s1. The maximum absolute atomic E-state index is 12.8. The van der Waals surface area contributed by atoms with E-state index in [2.05, 4.69) is 35.2 Å². The lowest BCUT2D eigenvalue weighted by molar-refractivity contribution is 0.229. The largest absolute Gasteiger partial charge is 0.343 e. The number of hydrogen-bond acceptors (Lipinski definition) is 6. The second kappa shape index (κ2) is 8.29. The number of nitriles is 1. The van der Waals surface area contributed by atoms with Crippen LogP contribution >= 0.6 is 11.6 Å². The van der Waals surface area contributed by atoms with Crippen molar-refractivity contribution in [2.45, 2.75) is 38.3 Å². The van der Waals surface area contributed by atoms with Crippen molar-refractivity contribution in [1.29, 1.82) is 5.26 Å². The monoisotopic (exact) mass is 476 g/mol. The normalized spacial score (nSPS) is 18.9. The molecule has 10 heteroatoms. The number of nitrogens with zero attached hydrogens (tertiary/aromatic N) is 7. The first-order chi connectivity index (χ1) is 16.3. The molecule has 1 atom stereocenters. The summed E-state index contributed by atoms with van der Waals surface area (Å²) in [4.78, 5) is 30.0. The van der Waals surface area contributed by atoms with Crippen molar-refractivity contribution in [3.05, 3.63) is 59.3 Å². The molecule has 3 heterocycles. The van der Waals surface area contributed by atoms with Gasteiger partial charge in [0.2, 0.25) is 5.95 Å². The third-order valence-corrected chi connectivity index (χ3v) is 6.68. The van der Waals surface area contributed by atoms with E-state index in [0.29, 0.717) is 34.8 Å². The van der Waals surface area contributed by atoms with Gasteiger partial charge < -0.3 is 14.8 Å². The van der Waals surface area contributed by atoms with Gasteiger partial charge in [0.25, 0.3) is 0 Å². The van der Waals surface area contributed by atoms with Gasteiger partial charge >= 0.3 is 6.03 Å². The number of rotatable bonds is 6. The molecule has 2 amide bonds. The van der Waals surface area contributed by atoms with Gasteiger partial charge in [0.05, 0.1) is 35.2 Å². The van der Waals surface area contributed by atoms with Crippen LogP contribution in [-0.2, 0) is 5.54 Å². The number of carbonyl (C=O) groups excluding carboxylic acids is 1. The number of benzene rings is 1. The van der Waals surface area contributed by atoms with E-state index >= 15 is 0 Å². The average Bonchev–Trinajstić information content (AvgIpc) is 3.28. The first-order valence-electron chi connectivity index (χ1n) is 11.2. The SMILES string of the molecule is CC(C)[C@H]1CN(C)C(=O)N1c1ccnc(NC2(c3cn(-c4cc(Cl)cc(C#N)c4)cn3)CC2)n1. The van der Waals surface area contributed by atoms with Gasteiger partial charge in [-0.1, -0.05) is 25.4 Å². The summed E-state index contributed by atoms with van der Waals surface area (Å²) >= 11 is 6.17. The zero-order valence-electron chi connectivity index (χ0n) is 19.2. The molecule has 174 valence electrons. The smallest absolute Gasteiger partial charge is 0.325 e. The summed E-state index contributed by atoms with van der Waals surface area (Å²) in [6.45, 7) is 4.89. The fourth-order valence-electron chi connectivity index (χ4n) is 4.37. The molecule has 34 heavy (non-hydrogen) atoms. The summed E-state index contributed by atoms with van der Waals surface area (Å²) in [5, 5.41) is 13.2. The lowest BCUT2D eigenvalue weighted by atomic mass is 10.0. The van der Waals surface area contributed by atoms with Crippen molar-refractivity contribution >= 4 is 29.4 Å². The summed E-state index contributed by atoms with van der Waals surface area (Å²) in [6.07, 6.45) is 7.10. The van der Waals surface area contributed by atoms with Crippen LogP contribution in [-0.4, -0.2) is 50.1 Å². The van der Waals surface area contributed by atoms with Crippen LogP contribution in [0.25, 0.3) is 5.69 Å². The van der Waals surface area contributed by atoms with Crippen LogP contribution in [0, 0.1) is 17.2 Å². The predicted octanol–water partition coefficient (Wildman–Crippen LogP) is 4.18. The van der Waals surface area contributed by atoms with Crippen molar-refractivity contribution in [1.82, 2.24) is 24.4 Å². The van der Waals surface area contributed by atoms with Gasteiger partial charge in [0.15, 0.2) is 0 Å². The Labute approximate surface area is 203 Å². The Balaban J connectivity index is 1.40. The highest BCUT2D eigenvalue weighted by Crippen LogP contribution is 2.47. The number of aromatic nitrogens is 4. The maximum Gasteiger partial charge on any atom is 0.325 e. The molecule has 5 rings (SSSR count). The van der Waals surface area contributed by atoms with Crippen LogP contribution < -0.4 is 10.2 Å². The second-order valence-electron chi connectivity index (χ2n) is 9.27. The van der Waals surface area contributed by atoms with E-state index in [9.17, 15) is 10.1 Å². The highest BCUT2D eigenvalue weighted by Gasteiger charge is 2.47. The zero-order chi connectivity index (χ0) is 24.0. The first-order valence-corrected chi connectivity index (χ1v) is 11.6. The van der Waals surface area contributed by atoms with E-state index in [-0.39, 0.29) is 17.6 Å². The van der Waals surface area contributed by atoms with Crippen molar-refractivity contribution < 1.29 is 4.79 Å². The van der Waals surface area contributed by atoms with Gasteiger partial charge in [-0.2, -0.15) is 10.2 Å². The van der Waals surface area contributed by atoms with Gasteiger partial charge in [-0.15, -0.1) is 0 Å². The van der Waals surface area contributed by atoms with Crippen molar-refractivity contribution in [2.75, 3.05) is 23.8 Å². The molecule has 2 fully saturated rings. The Morgan fingerprint density at radius 1 is 1.26 bits per heavy atom. The van der Waals surface area contributed by atoms with Crippen LogP contribution in [0.15, 0.2) is 43.0 Å². The number of urea groups is 1. The number of anilines is 2. The predicted molar refractivity (Wildman–Crippen MR) is 129 cm³/mol. The molecule has 0 unspecified atom stereocenters. The molecule has 1 aliphatic heterocycles. The van der Waals surface area contributed by atoms with E-state index in [1.807, 2.05) is 17.8 Å². The van der Waals surface area contributed by atoms with Crippen molar-refractivity contribution in [2.24, 2.45) is 5.92 Å². The number of halogens is 1. The first kappa shape index (κ1) is 22.2. The molecular weight excluding hydrogens is 452 g/mol. The second-order valence-corrected chi connectivity index (χ2v) is 9.70. The number of imidazole rings is 1. The fourth-order valence-corrected chi connectivity index (χ4v) is 4.60. The Bertz CT molecular complexity index is 1290. The summed E-state index contributed by atoms with van der Waals surface area (Å²) in [7, 11) is 1.81. The molecular formula is C24H25ClN8O. The lowest BCUT2D eigenvalue weighted by Gasteiger charge is -2.25. The molecule has 1 N–H and O–H groups in total. The minimum absolute atomic E-state index is 0.0542. The van der Waals surface area contributed by atoms with Crippen LogP contribution in [0.3, 0.4) is 0 Å². The Hall–Kier alpha value is -3.64. The van der Waals surface area contributed by atoms with E-state index < -0.39 is 0 Å². The Kier molecular flexibility index (Phi) is 5.41. The van der Waals surface area contributed by atoms with Gasteiger partial charge in [0.1, 0.15) is 5.82 Å². The Morgan fingerprint density at radius 2 is 2.06 bits per heavy atom. The van der Waals surface area contributed by atoms with Crippen LogP contribution in [0.1, 0.15) is 37.9 Å². The van der Waals surface area contributed by atoms with E-state index in [1.165, 1.54) is 0 Å². The van der Waals surface area contributed by atoms with Crippen LogP contribution in [0.4, 0.5) is 16.6 Å². The molecule has 0 bridgehead atoms. The molecule has 1 saturated carbocycles. The van der Waals surface area contributed by atoms with Crippen molar-refractivity contribution in [3.63, 3.8) is 0 Å². The lowest BCUT2D eigenvalue weighted by Crippen LogP contribution is -2.38. The summed E-state index contributed by atoms with van der Waals surface area (Å²) in [5.41, 5.74) is 1.75. The number of carbonyl (C=O) groups is 1. The number of hydrogen-bond donors (Lipinski definition) is 1. The molecule has 0 spiro atoms.